The highest BCUT2D eigenvalue weighted by Gasteiger charge is 2.25. The van der Waals surface area contributed by atoms with Gasteiger partial charge in [-0.05, 0) is 39.8 Å². The van der Waals surface area contributed by atoms with Crippen LogP contribution in [0.15, 0.2) is 24.3 Å². The second-order valence-corrected chi connectivity index (χ2v) is 10.2. The number of aryl methyl sites for hydroxylation is 1. The minimum atomic E-state index is -0.581. The Bertz CT molecular complexity index is 1220. The van der Waals surface area contributed by atoms with Gasteiger partial charge in [-0.2, -0.15) is 0 Å². The molecule has 0 bridgehead atoms. The van der Waals surface area contributed by atoms with Gasteiger partial charge in [0.05, 0.1) is 5.02 Å². The van der Waals surface area contributed by atoms with Crippen LogP contribution in [0.3, 0.4) is 0 Å². The van der Waals surface area contributed by atoms with E-state index in [2.05, 4.69) is 15.1 Å². The number of nitrogens with zero attached hydrogens (tertiary/aromatic N) is 6. The van der Waals surface area contributed by atoms with Crippen LogP contribution in [0.1, 0.15) is 26.6 Å². The number of alkyl halides is 1. The Balaban J connectivity index is 1.70. The molecule has 9 nitrogen and oxygen atoms in total. The lowest BCUT2D eigenvalue weighted by molar-refractivity contribution is 0.0526. The molecule has 4 rings (SSSR count). The van der Waals surface area contributed by atoms with Gasteiger partial charge < -0.3 is 19.5 Å². The number of ether oxygens (including phenoxy) is 1. The van der Waals surface area contributed by atoms with Gasteiger partial charge in [0, 0.05) is 51.4 Å². The first-order valence-electron chi connectivity index (χ1n) is 12.2. The summed E-state index contributed by atoms with van der Waals surface area (Å²) in [6.45, 7) is 11.1. The molecule has 1 aromatic carbocycles. The number of fused-ring (bicyclic) bond motifs is 1. The van der Waals surface area contributed by atoms with Crippen LogP contribution in [0.2, 0.25) is 5.02 Å². The Morgan fingerprint density at radius 2 is 1.83 bits per heavy atom. The van der Waals surface area contributed by atoms with E-state index in [1.165, 1.54) is 0 Å². The number of anilines is 1. The Morgan fingerprint density at radius 3 is 2.50 bits per heavy atom. The molecule has 1 aliphatic rings. The molecule has 1 aliphatic heterocycles. The van der Waals surface area contributed by atoms with Crippen molar-refractivity contribution in [2.24, 2.45) is 0 Å². The fraction of sp³-hybridized carbons (Fsp3) is 0.520. The number of halogens is 2. The SMILES string of the molecule is Cc1nc(N2CCN(CCF)CC2)c2nc(-c3ccccc3Cl)n(CCNC(=O)OC(C)(C)C)c2n1. The summed E-state index contributed by atoms with van der Waals surface area (Å²) in [5.74, 6) is 2.03. The monoisotopic (exact) mass is 517 g/mol. The van der Waals surface area contributed by atoms with Gasteiger partial charge in [0.2, 0.25) is 0 Å². The van der Waals surface area contributed by atoms with E-state index < -0.39 is 11.7 Å². The highest BCUT2D eigenvalue weighted by atomic mass is 35.5. The predicted molar refractivity (Wildman–Crippen MR) is 139 cm³/mol. The standard InChI is InChI=1S/C25H33ClFN7O2/c1-17-29-22(33-15-13-32(11-9-27)14-16-33)20-23(30-17)34(12-10-28-24(35)36-25(2,3)4)21(31-20)18-7-5-6-8-19(18)26/h5-8H,9-16H2,1-4H3,(H,28,35). The van der Waals surface area contributed by atoms with Crippen LogP contribution in [-0.2, 0) is 11.3 Å². The molecular weight excluding hydrogens is 485 g/mol. The number of carbonyl (C=O) groups excluding carboxylic acids is 1. The second kappa shape index (κ2) is 11.0. The van der Waals surface area contributed by atoms with Gasteiger partial charge in [-0.15, -0.1) is 0 Å². The zero-order valence-electron chi connectivity index (χ0n) is 21.2. The number of benzene rings is 1. The van der Waals surface area contributed by atoms with Gasteiger partial charge in [0.15, 0.2) is 17.0 Å². The van der Waals surface area contributed by atoms with Gasteiger partial charge in [0.25, 0.3) is 0 Å². The zero-order valence-corrected chi connectivity index (χ0v) is 22.0. The number of imidazole rings is 1. The minimum Gasteiger partial charge on any atom is -0.444 e. The quantitative estimate of drug-likeness (QED) is 0.505. The van der Waals surface area contributed by atoms with E-state index in [0.29, 0.717) is 47.5 Å². The Morgan fingerprint density at radius 1 is 1.11 bits per heavy atom. The first-order valence-corrected chi connectivity index (χ1v) is 12.5. The smallest absolute Gasteiger partial charge is 0.407 e. The first kappa shape index (κ1) is 26.1. The third kappa shape index (κ3) is 6.04. The van der Waals surface area contributed by atoms with E-state index in [4.69, 9.17) is 31.3 Å². The lowest BCUT2D eigenvalue weighted by Crippen LogP contribution is -2.47. The molecule has 0 atom stereocenters. The second-order valence-electron chi connectivity index (χ2n) is 9.78. The molecule has 0 spiro atoms. The number of hydrogen-bond donors (Lipinski definition) is 1. The summed E-state index contributed by atoms with van der Waals surface area (Å²) in [4.78, 5) is 30.9. The third-order valence-corrected chi connectivity index (χ3v) is 6.21. The largest absolute Gasteiger partial charge is 0.444 e. The van der Waals surface area contributed by atoms with Gasteiger partial charge in [0.1, 0.15) is 23.9 Å². The van der Waals surface area contributed by atoms with E-state index in [1.54, 1.807) is 0 Å². The summed E-state index contributed by atoms with van der Waals surface area (Å²) in [6.07, 6.45) is -0.483. The number of aromatic nitrogens is 4. The highest BCUT2D eigenvalue weighted by molar-refractivity contribution is 6.33. The lowest BCUT2D eigenvalue weighted by atomic mass is 10.2. The number of hydrogen-bond acceptors (Lipinski definition) is 7. The molecule has 1 fully saturated rings. The van der Waals surface area contributed by atoms with Crippen LogP contribution in [0, 0.1) is 6.92 Å². The molecule has 0 aliphatic carbocycles. The molecule has 0 unspecified atom stereocenters. The molecule has 3 aromatic rings. The van der Waals surface area contributed by atoms with Gasteiger partial charge in [-0.1, -0.05) is 23.7 Å². The summed E-state index contributed by atoms with van der Waals surface area (Å²) in [5.41, 5.74) is 1.53. The fourth-order valence-corrected chi connectivity index (χ4v) is 4.48. The van der Waals surface area contributed by atoms with Crippen molar-refractivity contribution in [1.29, 1.82) is 0 Å². The van der Waals surface area contributed by atoms with E-state index in [0.717, 1.165) is 37.6 Å². The lowest BCUT2D eigenvalue weighted by Gasteiger charge is -2.34. The highest BCUT2D eigenvalue weighted by Crippen LogP contribution is 2.33. The predicted octanol–water partition coefficient (Wildman–Crippen LogP) is 4.07. The molecule has 194 valence electrons. The van der Waals surface area contributed by atoms with Crippen molar-refractivity contribution in [3.05, 3.63) is 35.1 Å². The van der Waals surface area contributed by atoms with Gasteiger partial charge in [-0.25, -0.2) is 24.1 Å². The number of nitrogens with one attached hydrogen (secondary N) is 1. The van der Waals surface area contributed by atoms with Crippen LogP contribution in [0.25, 0.3) is 22.6 Å². The van der Waals surface area contributed by atoms with Crippen molar-refractivity contribution < 1.29 is 13.9 Å². The van der Waals surface area contributed by atoms with Crippen LogP contribution in [0.5, 0.6) is 0 Å². The zero-order chi connectivity index (χ0) is 25.9. The van der Waals surface area contributed by atoms with E-state index in [-0.39, 0.29) is 6.67 Å². The summed E-state index contributed by atoms with van der Waals surface area (Å²) in [5, 5.41) is 3.38. The summed E-state index contributed by atoms with van der Waals surface area (Å²) in [6, 6.07) is 7.51. The third-order valence-electron chi connectivity index (χ3n) is 5.88. The van der Waals surface area contributed by atoms with E-state index in [1.807, 2.05) is 56.5 Å². The maximum atomic E-state index is 12.8. The maximum absolute atomic E-state index is 12.8. The maximum Gasteiger partial charge on any atom is 0.407 e. The van der Waals surface area contributed by atoms with Crippen LogP contribution >= 0.6 is 11.6 Å². The minimum absolute atomic E-state index is 0.318. The molecule has 3 heterocycles. The average molecular weight is 518 g/mol. The number of piperazine rings is 1. The van der Waals surface area contributed by atoms with Gasteiger partial charge >= 0.3 is 6.09 Å². The molecule has 0 saturated carbocycles. The normalized spacial score (nSPS) is 14.9. The van der Waals surface area contributed by atoms with E-state index >= 15 is 0 Å². The van der Waals surface area contributed by atoms with Crippen molar-refractivity contribution in [2.75, 3.05) is 50.8 Å². The van der Waals surface area contributed by atoms with Crippen LogP contribution in [-0.4, -0.2) is 82.1 Å². The van der Waals surface area contributed by atoms with E-state index in [9.17, 15) is 9.18 Å². The van der Waals surface area contributed by atoms with Crippen LogP contribution < -0.4 is 10.2 Å². The Labute approximate surface area is 215 Å². The fourth-order valence-electron chi connectivity index (χ4n) is 4.26. The molecule has 11 heteroatoms. The molecule has 36 heavy (non-hydrogen) atoms. The number of rotatable bonds is 7. The van der Waals surface area contributed by atoms with Gasteiger partial charge in [-0.3, -0.25) is 4.90 Å². The average Bonchev–Trinajstić information content (AvgIpc) is 3.16. The summed E-state index contributed by atoms with van der Waals surface area (Å²) in [7, 11) is 0. The molecule has 1 N–H and O–H groups in total. The van der Waals surface area contributed by atoms with Crippen molar-refractivity contribution in [1.82, 2.24) is 29.7 Å². The van der Waals surface area contributed by atoms with Crippen molar-refractivity contribution in [2.45, 2.75) is 39.8 Å². The molecule has 0 radical (unpaired) electrons. The Kier molecular flexibility index (Phi) is 7.94. The van der Waals surface area contributed by atoms with Crippen molar-refractivity contribution in [3.8, 4) is 11.4 Å². The Hall–Kier alpha value is -2.98. The first-order chi connectivity index (χ1) is 17.2. The summed E-state index contributed by atoms with van der Waals surface area (Å²) >= 11 is 6.56. The topological polar surface area (TPSA) is 88.4 Å². The van der Waals surface area contributed by atoms with Crippen molar-refractivity contribution >= 4 is 34.7 Å². The number of carbonyl (C=O) groups is 1. The molecule has 1 amide bonds. The van der Waals surface area contributed by atoms with Crippen LogP contribution in [0.4, 0.5) is 15.0 Å². The molecule has 2 aromatic heterocycles. The number of amides is 1. The molecular formula is C25H33ClFN7O2. The summed E-state index contributed by atoms with van der Waals surface area (Å²) < 4.78 is 20.1. The molecule has 1 saturated heterocycles. The van der Waals surface area contributed by atoms with Crippen molar-refractivity contribution in [3.63, 3.8) is 0 Å². The number of alkyl carbamates (subject to hydrolysis) is 1.